The average molecular weight is 373 g/mol. The number of benzene rings is 1. The molecule has 0 aromatic heterocycles. The number of nitrogens with zero attached hydrogens (tertiary/aromatic N) is 2. The lowest BCUT2D eigenvalue weighted by Crippen LogP contribution is -2.61. The smallest absolute Gasteiger partial charge is 0.410 e. The number of hydrogen-bond donors (Lipinski definition) is 0. The number of fused-ring (bicyclic) bond motifs is 1. The molecule has 0 bridgehead atoms. The van der Waals surface area contributed by atoms with E-state index in [2.05, 4.69) is 44.7 Å². The summed E-state index contributed by atoms with van der Waals surface area (Å²) in [5.74, 6) is 0.207. The van der Waals surface area contributed by atoms with Gasteiger partial charge in [0.15, 0.2) is 5.78 Å². The first-order valence-electron chi connectivity index (χ1n) is 10.1. The van der Waals surface area contributed by atoms with Gasteiger partial charge in [0.25, 0.3) is 0 Å². The molecular formula is C22H32N2O3. The highest BCUT2D eigenvalue weighted by atomic mass is 16.6. The monoisotopic (exact) mass is 372 g/mol. The van der Waals surface area contributed by atoms with Gasteiger partial charge in [-0.25, -0.2) is 4.79 Å². The van der Waals surface area contributed by atoms with Gasteiger partial charge >= 0.3 is 6.09 Å². The Balaban J connectivity index is 1.50. The second-order valence-electron chi connectivity index (χ2n) is 8.91. The lowest BCUT2D eigenvalue weighted by Gasteiger charge is -2.44. The Bertz CT molecular complexity index is 693. The van der Waals surface area contributed by atoms with Gasteiger partial charge in [-0.3, -0.25) is 14.6 Å². The van der Waals surface area contributed by atoms with Gasteiger partial charge < -0.3 is 4.74 Å². The first kappa shape index (κ1) is 19.9. The second-order valence-corrected chi connectivity index (χ2v) is 8.91. The van der Waals surface area contributed by atoms with Crippen molar-refractivity contribution in [3.8, 4) is 0 Å². The molecule has 0 N–H and O–H groups in total. The second kappa shape index (κ2) is 7.63. The zero-order chi connectivity index (χ0) is 19.7. The molecule has 2 aliphatic rings. The minimum absolute atomic E-state index is 0.101. The molecule has 2 aliphatic heterocycles. The first-order valence-corrected chi connectivity index (χ1v) is 10.1. The third-order valence-electron chi connectivity index (χ3n) is 6.02. The van der Waals surface area contributed by atoms with Crippen LogP contribution in [0.4, 0.5) is 4.79 Å². The van der Waals surface area contributed by atoms with Crippen LogP contribution < -0.4 is 0 Å². The van der Waals surface area contributed by atoms with E-state index in [0.29, 0.717) is 13.0 Å². The molecule has 5 heteroatoms. The Hall–Kier alpha value is -1.88. The van der Waals surface area contributed by atoms with Crippen molar-refractivity contribution in [2.45, 2.75) is 57.9 Å². The Morgan fingerprint density at radius 2 is 1.89 bits per heavy atom. The molecule has 2 saturated heterocycles. The molecule has 1 aromatic rings. The molecule has 1 atom stereocenters. The van der Waals surface area contributed by atoms with E-state index < -0.39 is 0 Å². The van der Waals surface area contributed by atoms with Crippen LogP contribution in [0.25, 0.3) is 0 Å². The third-order valence-corrected chi connectivity index (χ3v) is 6.02. The standard InChI is InChI=1S/C22H32N2O3/c1-5-22-15-23(13-14-24(22)20(26)27-16-22)12-6-7-19(25)17-8-10-18(11-9-17)21(2,3)4/h8-11H,5-7,12-16H2,1-4H3. The summed E-state index contributed by atoms with van der Waals surface area (Å²) in [6.45, 7) is 12.4. The Labute approximate surface area is 162 Å². The molecule has 5 nitrogen and oxygen atoms in total. The molecule has 2 fully saturated rings. The number of ketones is 1. The van der Waals surface area contributed by atoms with Gasteiger partial charge in [0.05, 0.1) is 5.54 Å². The van der Waals surface area contributed by atoms with Crippen LogP contribution in [0.3, 0.4) is 0 Å². The van der Waals surface area contributed by atoms with Gasteiger partial charge in [0, 0.05) is 31.6 Å². The topological polar surface area (TPSA) is 49.9 Å². The zero-order valence-corrected chi connectivity index (χ0v) is 17.1. The number of carbonyl (C=O) groups excluding carboxylic acids is 2. The van der Waals surface area contributed by atoms with Crippen molar-refractivity contribution in [1.29, 1.82) is 0 Å². The van der Waals surface area contributed by atoms with Crippen molar-refractivity contribution in [1.82, 2.24) is 9.80 Å². The summed E-state index contributed by atoms with van der Waals surface area (Å²) in [5.41, 5.74) is 1.97. The van der Waals surface area contributed by atoms with Gasteiger partial charge in [0.1, 0.15) is 6.61 Å². The molecule has 3 rings (SSSR count). The molecule has 0 radical (unpaired) electrons. The van der Waals surface area contributed by atoms with Crippen molar-refractivity contribution >= 4 is 11.9 Å². The lowest BCUT2D eigenvalue weighted by atomic mass is 9.86. The molecule has 1 aromatic carbocycles. The van der Waals surface area contributed by atoms with Crippen LogP contribution in [0, 0.1) is 0 Å². The largest absolute Gasteiger partial charge is 0.447 e. The molecule has 0 aliphatic carbocycles. The van der Waals surface area contributed by atoms with E-state index in [1.807, 2.05) is 17.0 Å². The van der Waals surface area contributed by atoms with Gasteiger partial charge in [-0.15, -0.1) is 0 Å². The summed E-state index contributed by atoms with van der Waals surface area (Å²) >= 11 is 0. The van der Waals surface area contributed by atoms with Crippen molar-refractivity contribution in [2.24, 2.45) is 0 Å². The van der Waals surface area contributed by atoms with E-state index >= 15 is 0 Å². The molecular weight excluding hydrogens is 340 g/mol. The van der Waals surface area contributed by atoms with Crippen LogP contribution in [0.15, 0.2) is 24.3 Å². The van der Waals surface area contributed by atoms with Crippen LogP contribution in [-0.2, 0) is 10.2 Å². The number of cyclic esters (lactones) is 1. The maximum absolute atomic E-state index is 12.5. The van der Waals surface area contributed by atoms with Crippen LogP contribution in [-0.4, -0.2) is 60.0 Å². The summed E-state index contributed by atoms with van der Waals surface area (Å²) in [6.07, 6.45) is 2.12. The first-order chi connectivity index (χ1) is 12.7. The van der Waals surface area contributed by atoms with Gasteiger partial charge in [0.2, 0.25) is 0 Å². The van der Waals surface area contributed by atoms with E-state index in [-0.39, 0.29) is 22.8 Å². The third kappa shape index (κ3) is 4.18. The van der Waals surface area contributed by atoms with E-state index in [4.69, 9.17) is 4.74 Å². The summed E-state index contributed by atoms with van der Waals surface area (Å²) in [6, 6.07) is 8.04. The predicted molar refractivity (Wildman–Crippen MR) is 106 cm³/mol. The van der Waals surface area contributed by atoms with Crippen LogP contribution >= 0.6 is 0 Å². The Morgan fingerprint density at radius 3 is 2.52 bits per heavy atom. The highest BCUT2D eigenvalue weighted by Crippen LogP contribution is 2.31. The summed E-state index contributed by atoms with van der Waals surface area (Å²) in [7, 11) is 0. The molecule has 27 heavy (non-hydrogen) atoms. The van der Waals surface area contributed by atoms with Crippen LogP contribution in [0.2, 0.25) is 0 Å². The number of Topliss-reactive ketones (excluding diaryl/α,β-unsaturated/α-hetero) is 1. The molecule has 0 saturated carbocycles. The van der Waals surface area contributed by atoms with Crippen molar-refractivity contribution in [3.05, 3.63) is 35.4 Å². The molecule has 2 heterocycles. The summed E-state index contributed by atoms with van der Waals surface area (Å²) in [4.78, 5) is 28.6. The van der Waals surface area contributed by atoms with Crippen LogP contribution in [0.1, 0.15) is 62.9 Å². The highest BCUT2D eigenvalue weighted by molar-refractivity contribution is 5.96. The normalized spacial score (nSPS) is 23.3. The Kier molecular flexibility index (Phi) is 5.61. The average Bonchev–Trinajstić information content (AvgIpc) is 2.98. The fourth-order valence-corrected chi connectivity index (χ4v) is 4.10. The van der Waals surface area contributed by atoms with Crippen molar-refractivity contribution in [2.75, 3.05) is 32.8 Å². The lowest BCUT2D eigenvalue weighted by molar-refractivity contribution is 0.0481. The maximum atomic E-state index is 12.5. The van der Waals surface area contributed by atoms with Gasteiger partial charge in [-0.2, -0.15) is 0 Å². The maximum Gasteiger partial charge on any atom is 0.410 e. The predicted octanol–water partition coefficient (Wildman–Crippen LogP) is 3.86. The fourth-order valence-electron chi connectivity index (χ4n) is 4.10. The van der Waals surface area contributed by atoms with E-state index in [9.17, 15) is 9.59 Å². The van der Waals surface area contributed by atoms with E-state index in [1.165, 1.54) is 5.56 Å². The van der Waals surface area contributed by atoms with E-state index in [1.54, 1.807) is 0 Å². The molecule has 0 spiro atoms. The quantitative estimate of drug-likeness (QED) is 0.712. The number of ether oxygens (including phenoxy) is 1. The number of carbonyl (C=O) groups is 2. The number of piperazine rings is 1. The summed E-state index contributed by atoms with van der Waals surface area (Å²) < 4.78 is 5.28. The minimum atomic E-state index is -0.178. The number of hydrogen-bond acceptors (Lipinski definition) is 4. The molecule has 1 amide bonds. The van der Waals surface area contributed by atoms with E-state index in [0.717, 1.165) is 44.6 Å². The number of rotatable bonds is 6. The molecule has 1 unspecified atom stereocenters. The van der Waals surface area contributed by atoms with Crippen molar-refractivity contribution in [3.63, 3.8) is 0 Å². The van der Waals surface area contributed by atoms with Gasteiger partial charge in [-0.05, 0) is 30.4 Å². The SMILES string of the molecule is CCC12COC(=O)N1CCN(CCCC(=O)c1ccc(C(C)(C)C)cc1)C2. The Morgan fingerprint density at radius 1 is 1.19 bits per heavy atom. The zero-order valence-electron chi connectivity index (χ0n) is 17.1. The fraction of sp³-hybridized carbons (Fsp3) is 0.636. The van der Waals surface area contributed by atoms with Gasteiger partial charge in [-0.1, -0.05) is 52.0 Å². The van der Waals surface area contributed by atoms with Crippen LogP contribution in [0.5, 0.6) is 0 Å². The van der Waals surface area contributed by atoms with Crippen molar-refractivity contribution < 1.29 is 14.3 Å². The number of amides is 1. The summed E-state index contributed by atoms with van der Waals surface area (Å²) in [5, 5.41) is 0. The molecule has 148 valence electrons. The minimum Gasteiger partial charge on any atom is -0.447 e. The highest BCUT2D eigenvalue weighted by Gasteiger charge is 2.49.